The second-order valence-electron chi connectivity index (χ2n) is 6.29. The molecule has 0 fully saturated rings. The molecule has 0 bridgehead atoms. The first-order valence-electron chi connectivity index (χ1n) is 8.62. The van der Waals surface area contributed by atoms with Gasteiger partial charge in [-0.2, -0.15) is 13.2 Å². The average molecular weight is 434 g/mol. The molecule has 5 nitrogen and oxygen atoms in total. The molecule has 0 saturated carbocycles. The SMILES string of the molecule is FCc1ccc(Nc2cc(Cl)nc3cc(-c4ncccc4C(F)(F)F)cnc23)nc1. The van der Waals surface area contributed by atoms with Crippen molar-refractivity contribution in [2.75, 3.05) is 5.32 Å². The van der Waals surface area contributed by atoms with Crippen molar-refractivity contribution < 1.29 is 17.6 Å². The van der Waals surface area contributed by atoms with Gasteiger partial charge in [0.05, 0.1) is 22.5 Å². The van der Waals surface area contributed by atoms with Crippen molar-refractivity contribution in [2.24, 2.45) is 0 Å². The molecule has 152 valence electrons. The normalized spacial score (nSPS) is 11.6. The van der Waals surface area contributed by atoms with Gasteiger partial charge in [-0.05, 0) is 24.3 Å². The van der Waals surface area contributed by atoms with Crippen LogP contribution in [0.1, 0.15) is 11.1 Å². The minimum absolute atomic E-state index is 0.112. The van der Waals surface area contributed by atoms with Gasteiger partial charge in [0.15, 0.2) is 0 Å². The van der Waals surface area contributed by atoms with Gasteiger partial charge in [0.1, 0.15) is 23.2 Å². The highest BCUT2D eigenvalue weighted by Gasteiger charge is 2.34. The molecular formula is C20H12ClF4N5. The lowest BCUT2D eigenvalue weighted by atomic mass is 10.1. The number of hydrogen-bond acceptors (Lipinski definition) is 5. The molecule has 30 heavy (non-hydrogen) atoms. The molecule has 4 aromatic rings. The van der Waals surface area contributed by atoms with E-state index in [1.54, 1.807) is 12.1 Å². The fourth-order valence-electron chi connectivity index (χ4n) is 2.89. The number of nitrogens with one attached hydrogen (secondary N) is 1. The number of pyridine rings is 4. The van der Waals surface area contributed by atoms with Gasteiger partial charge >= 0.3 is 6.18 Å². The molecule has 0 spiro atoms. The molecule has 0 aromatic carbocycles. The molecule has 4 heterocycles. The lowest BCUT2D eigenvalue weighted by molar-refractivity contribution is -0.137. The number of hydrogen-bond donors (Lipinski definition) is 1. The molecule has 0 aliphatic heterocycles. The third-order valence-corrected chi connectivity index (χ3v) is 4.44. The molecule has 0 atom stereocenters. The fraction of sp³-hybridized carbons (Fsp3) is 0.100. The summed E-state index contributed by atoms with van der Waals surface area (Å²) in [5.74, 6) is 0.422. The topological polar surface area (TPSA) is 63.6 Å². The van der Waals surface area contributed by atoms with E-state index >= 15 is 0 Å². The summed E-state index contributed by atoms with van der Waals surface area (Å²) in [6.45, 7) is -0.630. The van der Waals surface area contributed by atoms with Gasteiger partial charge in [-0.15, -0.1) is 0 Å². The second-order valence-corrected chi connectivity index (χ2v) is 6.68. The quantitative estimate of drug-likeness (QED) is 0.317. The van der Waals surface area contributed by atoms with Crippen molar-refractivity contribution in [3.05, 3.63) is 71.3 Å². The molecule has 4 aromatic heterocycles. The molecule has 0 unspecified atom stereocenters. The summed E-state index contributed by atoms with van der Waals surface area (Å²) in [4.78, 5) is 16.4. The predicted octanol–water partition coefficient (Wildman–Crippen LogP) is 5.97. The summed E-state index contributed by atoms with van der Waals surface area (Å²) >= 11 is 6.10. The molecule has 0 aliphatic carbocycles. The number of nitrogens with zero attached hydrogens (tertiary/aromatic N) is 4. The van der Waals surface area contributed by atoms with Gasteiger partial charge in [0, 0.05) is 35.8 Å². The maximum Gasteiger partial charge on any atom is 0.418 e. The van der Waals surface area contributed by atoms with E-state index in [2.05, 4.69) is 25.3 Å². The second kappa shape index (κ2) is 7.83. The minimum atomic E-state index is -4.57. The number of aromatic nitrogens is 4. The summed E-state index contributed by atoms with van der Waals surface area (Å²) in [5.41, 5.74) is 0.570. The van der Waals surface area contributed by atoms with Gasteiger partial charge in [0.25, 0.3) is 0 Å². The Balaban J connectivity index is 1.78. The molecule has 0 saturated heterocycles. The minimum Gasteiger partial charge on any atom is -0.338 e. The van der Waals surface area contributed by atoms with E-state index in [4.69, 9.17) is 11.6 Å². The molecule has 0 radical (unpaired) electrons. The Hall–Kier alpha value is -3.33. The summed E-state index contributed by atoms with van der Waals surface area (Å²) in [6.07, 6.45) is -0.608. The first kappa shape index (κ1) is 20.0. The smallest absolute Gasteiger partial charge is 0.338 e. The molecule has 4 rings (SSSR count). The average Bonchev–Trinajstić information content (AvgIpc) is 2.73. The Morgan fingerprint density at radius 1 is 1.00 bits per heavy atom. The van der Waals surface area contributed by atoms with Crippen LogP contribution >= 0.6 is 11.6 Å². The zero-order valence-corrected chi connectivity index (χ0v) is 15.8. The summed E-state index contributed by atoms with van der Waals surface area (Å²) in [6, 6.07) is 8.30. The number of rotatable bonds is 4. The van der Waals surface area contributed by atoms with Crippen LogP contribution in [0, 0.1) is 0 Å². The summed E-state index contributed by atoms with van der Waals surface area (Å²) < 4.78 is 52.7. The van der Waals surface area contributed by atoms with Crippen molar-refractivity contribution in [2.45, 2.75) is 12.9 Å². The van der Waals surface area contributed by atoms with Gasteiger partial charge < -0.3 is 5.32 Å². The zero-order chi connectivity index (χ0) is 21.3. The van der Waals surface area contributed by atoms with Crippen LogP contribution in [0.25, 0.3) is 22.3 Å². The third-order valence-electron chi connectivity index (χ3n) is 4.24. The van der Waals surface area contributed by atoms with Crippen molar-refractivity contribution >= 4 is 34.1 Å². The largest absolute Gasteiger partial charge is 0.418 e. The van der Waals surface area contributed by atoms with Gasteiger partial charge in [-0.3, -0.25) is 9.97 Å². The fourth-order valence-corrected chi connectivity index (χ4v) is 3.09. The third kappa shape index (κ3) is 4.02. The predicted molar refractivity (Wildman–Crippen MR) is 105 cm³/mol. The molecular weight excluding hydrogens is 422 g/mol. The van der Waals surface area contributed by atoms with E-state index in [0.717, 1.165) is 6.07 Å². The van der Waals surface area contributed by atoms with E-state index < -0.39 is 18.4 Å². The maximum absolute atomic E-state index is 13.3. The highest BCUT2D eigenvalue weighted by atomic mass is 35.5. The van der Waals surface area contributed by atoms with Crippen LogP contribution in [0.15, 0.2) is 55.0 Å². The van der Waals surface area contributed by atoms with E-state index in [9.17, 15) is 17.6 Å². The lowest BCUT2D eigenvalue weighted by Crippen LogP contribution is -2.08. The Labute approximate surface area is 172 Å². The van der Waals surface area contributed by atoms with Crippen LogP contribution in [-0.2, 0) is 12.9 Å². The number of alkyl halides is 4. The Morgan fingerprint density at radius 2 is 1.83 bits per heavy atom. The Kier molecular flexibility index (Phi) is 5.21. The van der Waals surface area contributed by atoms with Gasteiger partial charge in [0.2, 0.25) is 0 Å². The van der Waals surface area contributed by atoms with E-state index in [-0.39, 0.29) is 21.9 Å². The van der Waals surface area contributed by atoms with Crippen LogP contribution in [0.5, 0.6) is 0 Å². The van der Waals surface area contributed by atoms with Gasteiger partial charge in [-0.1, -0.05) is 17.7 Å². The Morgan fingerprint density at radius 3 is 2.53 bits per heavy atom. The van der Waals surface area contributed by atoms with Crippen LogP contribution < -0.4 is 5.32 Å². The lowest BCUT2D eigenvalue weighted by Gasteiger charge is -2.13. The maximum atomic E-state index is 13.3. The zero-order valence-electron chi connectivity index (χ0n) is 15.1. The van der Waals surface area contributed by atoms with Crippen LogP contribution in [-0.4, -0.2) is 19.9 Å². The van der Waals surface area contributed by atoms with Crippen molar-refractivity contribution in [3.63, 3.8) is 0 Å². The molecule has 10 heteroatoms. The molecule has 0 aliphatic rings. The van der Waals surface area contributed by atoms with Crippen molar-refractivity contribution in [1.82, 2.24) is 19.9 Å². The van der Waals surface area contributed by atoms with Crippen molar-refractivity contribution in [1.29, 1.82) is 0 Å². The van der Waals surface area contributed by atoms with Crippen LogP contribution in [0.4, 0.5) is 29.1 Å². The standard InChI is InChI=1S/C20H12ClF4N5/c21-16-7-15(30-17-4-3-11(8-22)9-27-17)19-14(29-16)6-12(10-28-19)18-13(20(23,24)25)2-1-5-26-18/h1-7,9-10H,8H2,(H,27,29,30). The van der Waals surface area contributed by atoms with Crippen LogP contribution in [0.3, 0.4) is 0 Å². The van der Waals surface area contributed by atoms with E-state index in [1.165, 1.54) is 36.8 Å². The highest BCUT2D eigenvalue weighted by molar-refractivity contribution is 6.30. The van der Waals surface area contributed by atoms with E-state index in [1.807, 2.05) is 0 Å². The number of halogens is 5. The summed E-state index contributed by atoms with van der Waals surface area (Å²) in [7, 11) is 0. The van der Waals surface area contributed by atoms with Crippen LogP contribution in [0.2, 0.25) is 5.15 Å². The highest BCUT2D eigenvalue weighted by Crippen LogP contribution is 2.36. The van der Waals surface area contributed by atoms with E-state index in [0.29, 0.717) is 22.6 Å². The first-order chi connectivity index (χ1) is 14.3. The monoisotopic (exact) mass is 433 g/mol. The van der Waals surface area contributed by atoms with Gasteiger partial charge in [-0.25, -0.2) is 14.4 Å². The molecule has 0 amide bonds. The Bertz CT molecular complexity index is 1210. The first-order valence-corrected chi connectivity index (χ1v) is 9.00. The number of anilines is 2. The number of fused-ring (bicyclic) bond motifs is 1. The molecule has 1 N–H and O–H groups in total. The van der Waals surface area contributed by atoms with Crippen molar-refractivity contribution in [3.8, 4) is 11.3 Å². The summed E-state index contributed by atoms with van der Waals surface area (Å²) in [5, 5.41) is 3.13.